The molecule has 3 aliphatic heterocycles. The Kier molecular flexibility index (Phi) is 5.69. The Hall–Kier alpha value is -3.82. The van der Waals surface area contributed by atoms with Crippen molar-refractivity contribution in [2.45, 2.75) is 18.3 Å². The number of aromatic hydroxyl groups is 1. The van der Waals surface area contributed by atoms with Crippen LogP contribution in [-0.4, -0.2) is 41.1 Å². The molecule has 1 fully saturated rings. The van der Waals surface area contributed by atoms with Crippen LogP contribution in [0, 0.1) is 0 Å². The second kappa shape index (κ2) is 8.93. The predicted molar refractivity (Wildman–Crippen MR) is 142 cm³/mol. The van der Waals surface area contributed by atoms with Crippen LogP contribution in [0.1, 0.15) is 29.2 Å². The summed E-state index contributed by atoms with van der Waals surface area (Å²) >= 11 is 7.39. The zero-order valence-corrected chi connectivity index (χ0v) is 21.5. The molecule has 3 heterocycles. The number of nitrogens with one attached hydrogen (secondary N) is 1. The van der Waals surface area contributed by atoms with Crippen molar-refractivity contribution in [1.82, 2.24) is 10.3 Å². The number of amides is 1. The quantitative estimate of drug-likeness (QED) is 0.439. The second-order valence-electron chi connectivity index (χ2n) is 8.70. The van der Waals surface area contributed by atoms with Crippen molar-refractivity contribution in [2.75, 3.05) is 14.2 Å². The van der Waals surface area contributed by atoms with Gasteiger partial charge in [0.05, 0.1) is 30.9 Å². The summed E-state index contributed by atoms with van der Waals surface area (Å²) in [5, 5.41) is 20.5. The highest BCUT2D eigenvalue weighted by Gasteiger charge is 2.58. The third kappa shape index (κ3) is 3.86. The van der Waals surface area contributed by atoms with Gasteiger partial charge in [-0.15, -0.1) is 0 Å². The molecule has 3 aromatic carbocycles. The molecule has 0 bridgehead atoms. The molecule has 188 valence electrons. The molecule has 37 heavy (non-hydrogen) atoms. The van der Waals surface area contributed by atoms with Gasteiger partial charge in [0.15, 0.2) is 11.5 Å². The third-order valence-corrected chi connectivity index (χ3v) is 7.67. The van der Waals surface area contributed by atoms with Gasteiger partial charge in [-0.1, -0.05) is 41.9 Å². The molecule has 0 saturated carbocycles. The minimum Gasteiger partial charge on any atom is -0.502 e. The number of thioether (sulfide) groups is 1. The van der Waals surface area contributed by atoms with E-state index >= 15 is 0 Å². The lowest BCUT2D eigenvalue weighted by Crippen LogP contribution is -2.61. The summed E-state index contributed by atoms with van der Waals surface area (Å²) < 4.78 is 17.2. The van der Waals surface area contributed by atoms with E-state index in [0.29, 0.717) is 27.7 Å². The van der Waals surface area contributed by atoms with E-state index < -0.39 is 5.85 Å². The van der Waals surface area contributed by atoms with Crippen molar-refractivity contribution < 1.29 is 24.1 Å². The number of fused-ring (bicyclic) bond motifs is 4. The Morgan fingerprint density at radius 1 is 1.16 bits per heavy atom. The summed E-state index contributed by atoms with van der Waals surface area (Å²) in [4.78, 5) is 13.4. The van der Waals surface area contributed by atoms with E-state index in [1.165, 1.54) is 14.2 Å². The predicted octanol–water partition coefficient (Wildman–Crippen LogP) is 5.76. The van der Waals surface area contributed by atoms with E-state index in [-0.39, 0.29) is 28.5 Å². The molecular weight excluding hydrogens is 514 g/mol. The lowest BCUT2D eigenvalue weighted by Gasteiger charge is -2.45. The topological polar surface area (TPSA) is 92.6 Å². The molecule has 6 rings (SSSR count). The standard InChI is InChI=1S/C27H22ClN3O5S/c1-34-22-10-15(11-23(35-2)25(22)32)12-24-27(29-26(33)37-24)31-20(18-13-17(28)8-9-21(18)36-27)14-19(30-31)16-6-4-3-5-7-16/h3-13,20,32H,14H2,1-2H3,(H,29,33)/b24-12-. The number of nitrogens with zero attached hydrogens (tertiary/aromatic N) is 2. The van der Waals surface area contributed by atoms with E-state index in [9.17, 15) is 9.90 Å². The Morgan fingerprint density at radius 2 is 1.89 bits per heavy atom. The molecular formula is C27H22ClN3O5S. The van der Waals surface area contributed by atoms with Gasteiger partial charge in [0, 0.05) is 17.0 Å². The van der Waals surface area contributed by atoms with Crippen LogP contribution >= 0.6 is 23.4 Å². The number of hydrogen-bond acceptors (Lipinski definition) is 8. The smallest absolute Gasteiger partial charge is 0.314 e. The van der Waals surface area contributed by atoms with Crippen LogP contribution in [0.2, 0.25) is 5.02 Å². The number of halogens is 1. The number of ether oxygens (including phenoxy) is 3. The number of phenolic OH excluding ortho intramolecular Hbond substituents is 1. The average Bonchev–Trinajstić information content (AvgIpc) is 3.49. The fraction of sp³-hybridized carbons (Fsp3) is 0.185. The van der Waals surface area contributed by atoms with Crippen molar-refractivity contribution in [3.8, 4) is 23.0 Å². The molecule has 0 aromatic heterocycles. The van der Waals surface area contributed by atoms with Gasteiger partial charge >= 0.3 is 5.85 Å². The van der Waals surface area contributed by atoms with E-state index in [1.807, 2.05) is 47.5 Å². The van der Waals surface area contributed by atoms with Crippen molar-refractivity contribution in [2.24, 2.45) is 5.10 Å². The summed E-state index contributed by atoms with van der Waals surface area (Å²) in [7, 11) is 2.92. The fourth-order valence-electron chi connectivity index (χ4n) is 4.84. The zero-order chi connectivity index (χ0) is 25.7. The molecule has 3 aliphatic rings. The van der Waals surface area contributed by atoms with Crippen molar-refractivity contribution in [3.05, 3.63) is 87.3 Å². The SMILES string of the molecule is COc1cc(/C=C2\SC(=O)NC23Oc2ccc(Cl)cc2C2CC(c4ccccc4)=NN23)cc(OC)c1O. The summed E-state index contributed by atoms with van der Waals surface area (Å²) in [6, 6.07) is 18.5. The van der Waals surface area contributed by atoms with Gasteiger partial charge < -0.3 is 19.3 Å². The second-order valence-corrected chi connectivity index (χ2v) is 10.2. The lowest BCUT2D eigenvalue weighted by atomic mass is 9.95. The van der Waals surface area contributed by atoms with Crippen molar-refractivity contribution >= 4 is 40.4 Å². The van der Waals surface area contributed by atoms with E-state index in [0.717, 1.165) is 28.6 Å². The number of phenols is 1. The van der Waals surface area contributed by atoms with Crippen LogP contribution in [-0.2, 0) is 0 Å². The molecule has 2 unspecified atom stereocenters. The van der Waals surface area contributed by atoms with Crippen molar-refractivity contribution in [3.63, 3.8) is 0 Å². The van der Waals surface area contributed by atoms with Gasteiger partial charge in [0.1, 0.15) is 5.75 Å². The number of hydrazone groups is 1. The third-order valence-electron chi connectivity index (χ3n) is 6.54. The minimum absolute atomic E-state index is 0.105. The van der Waals surface area contributed by atoms with Gasteiger partial charge in [-0.05, 0) is 59.3 Å². The highest BCUT2D eigenvalue weighted by atomic mass is 35.5. The molecule has 3 aromatic rings. The molecule has 10 heteroatoms. The molecule has 2 N–H and O–H groups in total. The maximum Gasteiger partial charge on any atom is 0.314 e. The monoisotopic (exact) mass is 535 g/mol. The Balaban J connectivity index is 1.52. The van der Waals surface area contributed by atoms with Crippen LogP contribution in [0.25, 0.3) is 6.08 Å². The molecule has 1 saturated heterocycles. The van der Waals surface area contributed by atoms with Crippen LogP contribution < -0.4 is 19.5 Å². The minimum atomic E-state index is -1.37. The maximum absolute atomic E-state index is 12.9. The number of hydrogen-bond donors (Lipinski definition) is 2. The van der Waals surface area contributed by atoms with E-state index in [1.54, 1.807) is 24.3 Å². The number of carbonyl (C=O) groups excluding carboxylic acids is 1. The molecule has 1 amide bonds. The largest absolute Gasteiger partial charge is 0.502 e. The summed E-state index contributed by atoms with van der Waals surface area (Å²) in [6.07, 6.45) is 2.41. The number of rotatable bonds is 4. The summed E-state index contributed by atoms with van der Waals surface area (Å²) in [5.74, 6) is -0.371. The zero-order valence-electron chi connectivity index (χ0n) is 19.9. The first-order valence-corrected chi connectivity index (χ1v) is 12.7. The van der Waals surface area contributed by atoms with E-state index in [4.69, 9.17) is 30.9 Å². The van der Waals surface area contributed by atoms with Gasteiger partial charge in [-0.2, -0.15) is 5.10 Å². The van der Waals surface area contributed by atoms with Crippen LogP contribution in [0.5, 0.6) is 23.0 Å². The van der Waals surface area contributed by atoms with E-state index in [2.05, 4.69) is 5.32 Å². The normalized spacial score (nSPS) is 22.8. The molecule has 0 aliphatic carbocycles. The number of benzene rings is 3. The molecule has 2 atom stereocenters. The van der Waals surface area contributed by atoms with Crippen molar-refractivity contribution in [1.29, 1.82) is 0 Å². The highest BCUT2D eigenvalue weighted by Crippen LogP contribution is 2.53. The van der Waals surface area contributed by atoms with Crippen LogP contribution in [0.3, 0.4) is 0 Å². The van der Waals surface area contributed by atoms with Crippen LogP contribution in [0.4, 0.5) is 4.79 Å². The highest BCUT2D eigenvalue weighted by molar-refractivity contribution is 8.17. The fourth-order valence-corrected chi connectivity index (χ4v) is 5.93. The number of methoxy groups -OCH3 is 2. The van der Waals surface area contributed by atoms with Crippen LogP contribution in [0.15, 0.2) is 70.7 Å². The first kappa shape index (κ1) is 23.6. The van der Waals surface area contributed by atoms with Gasteiger partial charge in [0.25, 0.3) is 5.24 Å². The molecule has 8 nitrogen and oxygen atoms in total. The van der Waals surface area contributed by atoms with Gasteiger partial charge in [-0.25, -0.2) is 5.01 Å². The van der Waals surface area contributed by atoms with Gasteiger partial charge in [0.2, 0.25) is 5.75 Å². The summed E-state index contributed by atoms with van der Waals surface area (Å²) in [5.41, 5.74) is 3.41. The Morgan fingerprint density at radius 3 is 2.59 bits per heavy atom. The van der Waals surface area contributed by atoms with Gasteiger partial charge in [-0.3, -0.25) is 10.1 Å². The molecule has 1 spiro atoms. The summed E-state index contributed by atoms with van der Waals surface area (Å²) in [6.45, 7) is 0. The lowest BCUT2D eigenvalue weighted by molar-refractivity contribution is -0.0949. The Bertz CT molecular complexity index is 1450. The first-order chi connectivity index (χ1) is 17.9. The average molecular weight is 536 g/mol. The first-order valence-electron chi connectivity index (χ1n) is 11.5. The number of carbonyl (C=O) groups is 1. The maximum atomic E-state index is 12.9. The molecule has 0 radical (unpaired) electrons. The Labute approximate surface area is 222 Å².